The third-order valence-electron chi connectivity index (χ3n) is 6.77. The Balaban J connectivity index is 1.66. The van der Waals surface area contributed by atoms with Crippen molar-refractivity contribution in [2.75, 3.05) is 11.9 Å². The molecule has 0 spiro atoms. The summed E-state index contributed by atoms with van der Waals surface area (Å²) in [5, 5.41) is 14.9. The number of halogens is 3. The van der Waals surface area contributed by atoms with Gasteiger partial charge in [-0.2, -0.15) is 13.2 Å². The van der Waals surface area contributed by atoms with Gasteiger partial charge in [-0.05, 0) is 57.6 Å². The quantitative estimate of drug-likeness (QED) is 0.502. The second-order valence-electron chi connectivity index (χ2n) is 9.51. The van der Waals surface area contributed by atoms with Gasteiger partial charge in [-0.25, -0.2) is 9.97 Å². The van der Waals surface area contributed by atoms with E-state index in [2.05, 4.69) is 20.6 Å². The van der Waals surface area contributed by atoms with E-state index in [9.17, 15) is 27.9 Å². The first-order chi connectivity index (χ1) is 17.0. The number of nitrogens with zero attached hydrogens (tertiary/aromatic N) is 3. The van der Waals surface area contributed by atoms with Crippen LogP contribution in [0.15, 0.2) is 12.3 Å². The van der Waals surface area contributed by atoms with E-state index in [0.717, 1.165) is 24.2 Å². The number of likely N-dealkylation sites (tertiary alicyclic amines) is 1. The number of anilines is 1. The van der Waals surface area contributed by atoms with Gasteiger partial charge in [0.1, 0.15) is 17.6 Å². The van der Waals surface area contributed by atoms with Crippen molar-refractivity contribution >= 4 is 29.0 Å². The van der Waals surface area contributed by atoms with Gasteiger partial charge in [-0.1, -0.05) is 6.92 Å². The van der Waals surface area contributed by atoms with Crippen molar-refractivity contribution in [2.24, 2.45) is 0 Å². The Bertz CT molecular complexity index is 1130. The number of rotatable bonds is 7. The molecule has 2 aromatic heterocycles. The smallest absolute Gasteiger partial charge is 0.393 e. The summed E-state index contributed by atoms with van der Waals surface area (Å²) in [6.07, 6.45) is -0.882. The van der Waals surface area contributed by atoms with E-state index >= 15 is 0 Å². The van der Waals surface area contributed by atoms with Crippen LogP contribution in [0.3, 0.4) is 0 Å². The zero-order chi connectivity index (χ0) is 26.2. The van der Waals surface area contributed by atoms with Crippen molar-refractivity contribution in [3.8, 4) is 10.4 Å². The fourth-order valence-corrected chi connectivity index (χ4v) is 5.57. The molecule has 0 aromatic carbocycles. The van der Waals surface area contributed by atoms with Crippen LogP contribution >= 0.6 is 11.3 Å². The van der Waals surface area contributed by atoms with Crippen molar-refractivity contribution in [1.82, 2.24) is 20.2 Å². The van der Waals surface area contributed by atoms with Crippen molar-refractivity contribution in [3.63, 3.8) is 0 Å². The predicted octanol–water partition coefficient (Wildman–Crippen LogP) is 4.14. The summed E-state index contributed by atoms with van der Waals surface area (Å²) < 4.78 is 39.6. The Hall–Kier alpha value is -2.73. The Kier molecular flexibility index (Phi) is 7.56. The summed E-state index contributed by atoms with van der Waals surface area (Å²) in [4.78, 5) is 37.1. The molecule has 0 bridgehead atoms. The van der Waals surface area contributed by atoms with E-state index in [4.69, 9.17) is 0 Å². The molecule has 1 saturated heterocycles. The molecule has 2 aliphatic rings. The van der Waals surface area contributed by atoms with Crippen LogP contribution in [-0.4, -0.2) is 68.7 Å². The van der Waals surface area contributed by atoms with Crippen LogP contribution in [0.25, 0.3) is 10.4 Å². The number of aliphatic hydroxyl groups is 1. The molecule has 2 fully saturated rings. The summed E-state index contributed by atoms with van der Waals surface area (Å²) in [6, 6.07) is -0.328. The molecule has 1 aliphatic carbocycles. The standard InChI is InChI=1S/C24H30F3N5O3S/c1-4-17(24(25,26)27)30-18-8-12(2)16(11-28-18)20-19(23(35)32-7-5-6-13(32)3)31-22(36-20)21(34)29-14-9-15(33)10-14/h8,11,13-15,17,33H,4-7,9-10H2,1-3H3,(H,28,30)(H,29,34)/t13-,14-,15-,17-/m0/s1. The number of thiazole rings is 1. The van der Waals surface area contributed by atoms with Crippen molar-refractivity contribution in [3.05, 3.63) is 28.5 Å². The molecule has 196 valence electrons. The van der Waals surface area contributed by atoms with E-state index < -0.39 is 24.2 Å². The number of aliphatic hydroxyl groups excluding tert-OH is 1. The van der Waals surface area contributed by atoms with Crippen LogP contribution in [0.4, 0.5) is 19.0 Å². The molecule has 0 radical (unpaired) electrons. The van der Waals surface area contributed by atoms with E-state index in [1.54, 1.807) is 11.8 Å². The van der Waals surface area contributed by atoms with Crippen LogP contribution in [-0.2, 0) is 0 Å². The molecule has 2 atom stereocenters. The second-order valence-corrected chi connectivity index (χ2v) is 10.5. The molecule has 3 N–H and O–H groups in total. The van der Waals surface area contributed by atoms with Gasteiger partial charge in [0.15, 0.2) is 5.01 Å². The summed E-state index contributed by atoms with van der Waals surface area (Å²) in [5.41, 5.74) is 1.28. The molecule has 1 aliphatic heterocycles. The van der Waals surface area contributed by atoms with Gasteiger partial charge in [0.25, 0.3) is 11.8 Å². The summed E-state index contributed by atoms with van der Waals surface area (Å²) in [7, 11) is 0. The Morgan fingerprint density at radius 2 is 2.06 bits per heavy atom. The van der Waals surface area contributed by atoms with Gasteiger partial charge in [0, 0.05) is 30.4 Å². The number of hydrogen-bond donors (Lipinski definition) is 3. The molecule has 0 unspecified atom stereocenters. The minimum Gasteiger partial charge on any atom is -0.393 e. The lowest BCUT2D eigenvalue weighted by atomic mass is 9.89. The number of pyridine rings is 1. The number of carbonyl (C=O) groups excluding carboxylic acids is 2. The van der Waals surface area contributed by atoms with Crippen molar-refractivity contribution < 1.29 is 27.9 Å². The van der Waals surface area contributed by atoms with Crippen molar-refractivity contribution in [1.29, 1.82) is 0 Å². The summed E-state index contributed by atoms with van der Waals surface area (Å²) in [5.74, 6) is -0.631. The average molecular weight is 526 g/mol. The first-order valence-electron chi connectivity index (χ1n) is 12.1. The van der Waals surface area contributed by atoms with Gasteiger partial charge < -0.3 is 20.6 Å². The highest BCUT2D eigenvalue weighted by Gasteiger charge is 2.38. The monoisotopic (exact) mass is 525 g/mol. The highest BCUT2D eigenvalue weighted by atomic mass is 32.1. The number of alkyl halides is 3. The van der Waals surface area contributed by atoms with Crippen LogP contribution in [0.5, 0.6) is 0 Å². The van der Waals surface area contributed by atoms with E-state index in [-0.39, 0.29) is 40.9 Å². The maximum atomic E-state index is 13.4. The summed E-state index contributed by atoms with van der Waals surface area (Å²) >= 11 is 1.06. The van der Waals surface area contributed by atoms with Gasteiger partial charge in [0.05, 0.1) is 11.0 Å². The molecule has 4 rings (SSSR count). The number of aryl methyl sites for hydroxylation is 1. The Morgan fingerprint density at radius 1 is 1.33 bits per heavy atom. The molecular formula is C24H30F3N5O3S. The molecule has 3 heterocycles. The lowest BCUT2D eigenvalue weighted by Crippen LogP contribution is -2.46. The number of hydrogen-bond acceptors (Lipinski definition) is 7. The number of amides is 2. The average Bonchev–Trinajstić information content (AvgIpc) is 3.42. The number of aromatic nitrogens is 2. The van der Waals surface area contributed by atoms with Gasteiger partial charge in [0.2, 0.25) is 0 Å². The molecular weight excluding hydrogens is 495 g/mol. The van der Waals surface area contributed by atoms with Gasteiger partial charge in [-0.15, -0.1) is 11.3 Å². The van der Waals surface area contributed by atoms with Crippen LogP contribution in [0, 0.1) is 6.92 Å². The van der Waals surface area contributed by atoms with Gasteiger partial charge >= 0.3 is 6.18 Å². The Labute approximate surface area is 211 Å². The highest BCUT2D eigenvalue weighted by molar-refractivity contribution is 7.17. The van der Waals surface area contributed by atoms with E-state index in [1.807, 2.05) is 6.92 Å². The molecule has 12 heteroatoms. The van der Waals surface area contributed by atoms with Gasteiger partial charge in [-0.3, -0.25) is 9.59 Å². The maximum Gasteiger partial charge on any atom is 0.408 e. The molecule has 2 aromatic rings. The maximum absolute atomic E-state index is 13.4. The van der Waals surface area contributed by atoms with Crippen LogP contribution < -0.4 is 10.6 Å². The Morgan fingerprint density at radius 3 is 2.61 bits per heavy atom. The third-order valence-corrected chi connectivity index (χ3v) is 7.85. The van der Waals surface area contributed by atoms with Crippen LogP contribution in [0.2, 0.25) is 0 Å². The second kappa shape index (κ2) is 10.3. The normalized spacial score (nSPS) is 22.8. The zero-order valence-corrected chi connectivity index (χ0v) is 21.2. The molecule has 36 heavy (non-hydrogen) atoms. The minimum atomic E-state index is -4.41. The summed E-state index contributed by atoms with van der Waals surface area (Å²) in [6.45, 7) is 5.72. The zero-order valence-electron chi connectivity index (χ0n) is 20.4. The van der Waals surface area contributed by atoms with E-state index in [1.165, 1.54) is 19.2 Å². The largest absolute Gasteiger partial charge is 0.408 e. The highest BCUT2D eigenvalue weighted by Crippen LogP contribution is 2.36. The number of carbonyl (C=O) groups is 2. The molecule has 8 nitrogen and oxygen atoms in total. The topological polar surface area (TPSA) is 107 Å². The fourth-order valence-electron chi connectivity index (χ4n) is 4.54. The number of nitrogens with one attached hydrogen (secondary N) is 2. The lowest BCUT2D eigenvalue weighted by molar-refractivity contribution is -0.142. The molecule has 1 saturated carbocycles. The molecule has 2 amide bonds. The third kappa shape index (κ3) is 5.49. The fraction of sp³-hybridized carbons (Fsp3) is 0.583. The minimum absolute atomic E-state index is 0.0416. The first kappa shape index (κ1) is 26.3. The first-order valence-corrected chi connectivity index (χ1v) is 12.9. The lowest BCUT2D eigenvalue weighted by Gasteiger charge is -2.31. The SMILES string of the molecule is CC[C@H](Nc1cc(C)c(-c2sc(C(=O)N[C@H]3C[C@H](O)C3)nc2C(=O)N2CCC[C@@H]2C)cn1)C(F)(F)F. The van der Waals surface area contributed by atoms with Crippen LogP contribution in [0.1, 0.15) is 71.8 Å². The van der Waals surface area contributed by atoms with E-state index in [0.29, 0.717) is 35.4 Å². The van der Waals surface area contributed by atoms with Crippen molar-refractivity contribution in [2.45, 2.75) is 83.3 Å². The predicted molar refractivity (Wildman–Crippen MR) is 130 cm³/mol.